The molecule has 1 aromatic heterocycles. The molecule has 0 saturated heterocycles. The third-order valence-electron chi connectivity index (χ3n) is 3.42. The van der Waals surface area contributed by atoms with Gasteiger partial charge in [-0.3, -0.25) is 0 Å². The van der Waals surface area contributed by atoms with Crippen molar-refractivity contribution in [2.24, 2.45) is 17.8 Å². The lowest BCUT2D eigenvalue weighted by atomic mass is 9.85. The summed E-state index contributed by atoms with van der Waals surface area (Å²) in [5.41, 5.74) is 0.630. The minimum Gasteiger partial charge on any atom is -0.478 e. The van der Waals surface area contributed by atoms with Crippen LogP contribution in [0.1, 0.15) is 43.7 Å². The zero-order valence-electron chi connectivity index (χ0n) is 12.3. The first-order chi connectivity index (χ1) is 8.82. The lowest BCUT2D eigenvalue weighted by molar-refractivity contribution is 0.0695. The first-order valence-electron chi connectivity index (χ1n) is 6.63. The van der Waals surface area contributed by atoms with Gasteiger partial charge in [0.15, 0.2) is 0 Å². The van der Waals surface area contributed by atoms with E-state index >= 15 is 0 Å². The Morgan fingerprint density at radius 2 is 1.89 bits per heavy atom. The molecule has 5 nitrogen and oxygen atoms in total. The van der Waals surface area contributed by atoms with Crippen molar-refractivity contribution < 1.29 is 9.90 Å². The molecule has 0 bridgehead atoms. The highest BCUT2D eigenvalue weighted by molar-refractivity contribution is 5.88. The molecule has 1 rings (SSSR count). The summed E-state index contributed by atoms with van der Waals surface area (Å²) < 4.78 is 0. The van der Waals surface area contributed by atoms with Crippen LogP contribution in [0.2, 0.25) is 0 Å². The molecule has 0 spiro atoms. The molecule has 19 heavy (non-hydrogen) atoms. The van der Waals surface area contributed by atoms with Crippen molar-refractivity contribution in [1.29, 1.82) is 0 Å². The number of aromatic carboxylic acids is 1. The van der Waals surface area contributed by atoms with Crippen LogP contribution in [-0.4, -0.2) is 27.6 Å². The van der Waals surface area contributed by atoms with Crippen LogP contribution in [-0.2, 0) is 0 Å². The molecule has 0 fully saturated rings. The third-order valence-corrected chi connectivity index (χ3v) is 3.42. The lowest BCUT2D eigenvalue weighted by Crippen LogP contribution is -2.25. The summed E-state index contributed by atoms with van der Waals surface area (Å²) in [4.78, 5) is 19.1. The monoisotopic (exact) mass is 265 g/mol. The van der Waals surface area contributed by atoms with E-state index in [1.165, 1.54) is 6.20 Å². The molecule has 0 amide bonds. The summed E-state index contributed by atoms with van der Waals surface area (Å²) >= 11 is 0. The number of aromatic nitrogens is 2. The van der Waals surface area contributed by atoms with Crippen LogP contribution >= 0.6 is 0 Å². The van der Waals surface area contributed by atoms with Crippen LogP contribution in [0.3, 0.4) is 0 Å². The molecule has 0 aliphatic heterocycles. The van der Waals surface area contributed by atoms with Crippen molar-refractivity contribution >= 4 is 11.9 Å². The van der Waals surface area contributed by atoms with Gasteiger partial charge in [0.05, 0.1) is 11.3 Å². The van der Waals surface area contributed by atoms with Gasteiger partial charge in [-0.25, -0.2) is 14.8 Å². The van der Waals surface area contributed by atoms with Gasteiger partial charge >= 0.3 is 5.97 Å². The van der Waals surface area contributed by atoms with Gasteiger partial charge in [0, 0.05) is 12.7 Å². The number of rotatable bonds is 6. The number of hydrogen-bond donors (Lipinski definition) is 2. The number of hydrogen-bond acceptors (Lipinski definition) is 4. The Bertz CT molecular complexity index is 436. The van der Waals surface area contributed by atoms with Crippen LogP contribution < -0.4 is 5.32 Å². The van der Waals surface area contributed by atoms with Gasteiger partial charge in [-0.2, -0.15) is 0 Å². The largest absolute Gasteiger partial charge is 0.478 e. The summed E-state index contributed by atoms with van der Waals surface area (Å²) in [6, 6.07) is 0. The molecular weight excluding hydrogens is 242 g/mol. The highest BCUT2D eigenvalue weighted by Gasteiger charge is 2.18. The average molecular weight is 265 g/mol. The van der Waals surface area contributed by atoms with Crippen molar-refractivity contribution in [3.8, 4) is 0 Å². The zero-order valence-corrected chi connectivity index (χ0v) is 12.3. The first kappa shape index (κ1) is 15.4. The average Bonchev–Trinajstić information content (AvgIpc) is 2.27. The maximum Gasteiger partial charge on any atom is 0.339 e. The van der Waals surface area contributed by atoms with Gasteiger partial charge in [0.1, 0.15) is 0 Å². The lowest BCUT2D eigenvalue weighted by Gasteiger charge is -2.25. The summed E-state index contributed by atoms with van der Waals surface area (Å²) in [6.07, 6.45) is 1.35. The van der Waals surface area contributed by atoms with E-state index in [0.29, 0.717) is 29.4 Å². The number of aryl methyl sites for hydroxylation is 1. The Hall–Kier alpha value is -1.65. The molecule has 0 aromatic carbocycles. The highest BCUT2D eigenvalue weighted by atomic mass is 16.4. The van der Waals surface area contributed by atoms with Crippen molar-refractivity contribution in [2.75, 3.05) is 11.9 Å². The summed E-state index contributed by atoms with van der Waals surface area (Å²) in [7, 11) is 0. The van der Waals surface area contributed by atoms with E-state index in [0.717, 1.165) is 6.54 Å². The Kier molecular flexibility index (Phi) is 5.27. The molecule has 0 atom stereocenters. The Morgan fingerprint density at radius 1 is 1.32 bits per heavy atom. The minimum atomic E-state index is -0.994. The molecular formula is C14H23N3O2. The van der Waals surface area contributed by atoms with Crippen molar-refractivity contribution in [3.63, 3.8) is 0 Å². The fourth-order valence-corrected chi connectivity index (χ4v) is 2.21. The molecule has 0 unspecified atom stereocenters. The van der Waals surface area contributed by atoms with E-state index in [2.05, 4.69) is 43.0 Å². The van der Waals surface area contributed by atoms with Crippen LogP contribution in [0.5, 0.6) is 0 Å². The maximum atomic E-state index is 10.9. The third kappa shape index (κ3) is 4.19. The molecule has 0 aliphatic carbocycles. The van der Waals surface area contributed by atoms with Crippen LogP contribution in [0.4, 0.5) is 5.95 Å². The predicted molar refractivity (Wildman–Crippen MR) is 75.4 cm³/mol. The molecule has 106 valence electrons. The predicted octanol–water partition coefficient (Wildman–Crippen LogP) is 2.82. The van der Waals surface area contributed by atoms with E-state index in [1.807, 2.05) is 0 Å². The second kappa shape index (κ2) is 6.50. The van der Waals surface area contributed by atoms with Crippen molar-refractivity contribution in [3.05, 3.63) is 17.5 Å². The molecule has 1 aromatic rings. The fourth-order valence-electron chi connectivity index (χ4n) is 2.21. The van der Waals surface area contributed by atoms with Crippen molar-refractivity contribution in [2.45, 2.75) is 34.6 Å². The number of carboxylic acids is 1. The summed E-state index contributed by atoms with van der Waals surface area (Å²) in [5.74, 6) is 1.18. The van der Waals surface area contributed by atoms with Gasteiger partial charge in [-0.15, -0.1) is 0 Å². The maximum absolute atomic E-state index is 10.9. The number of nitrogens with zero attached hydrogens (tertiary/aromatic N) is 2. The van der Waals surface area contributed by atoms with Gasteiger partial charge in [0.25, 0.3) is 0 Å². The van der Waals surface area contributed by atoms with E-state index in [1.54, 1.807) is 6.92 Å². The number of carbonyl (C=O) groups is 1. The number of nitrogens with one attached hydrogen (secondary N) is 1. The van der Waals surface area contributed by atoms with Gasteiger partial charge in [-0.05, 0) is 24.7 Å². The Balaban J connectivity index is 2.73. The van der Waals surface area contributed by atoms with E-state index in [-0.39, 0.29) is 5.56 Å². The number of anilines is 1. The Labute approximate surface area is 114 Å². The number of carboxylic acid groups (broad SMARTS) is 1. The smallest absolute Gasteiger partial charge is 0.339 e. The molecule has 2 N–H and O–H groups in total. The van der Waals surface area contributed by atoms with Crippen LogP contribution in [0, 0.1) is 24.7 Å². The van der Waals surface area contributed by atoms with E-state index in [4.69, 9.17) is 5.11 Å². The molecule has 0 aliphatic rings. The standard InChI is InChI=1S/C14H23N3O2/c1-8(2)11(9(3)4)6-15-14-16-7-12(13(18)19)10(5)17-14/h7-9,11H,6H2,1-5H3,(H,18,19)(H,15,16,17). The van der Waals surface area contributed by atoms with E-state index in [9.17, 15) is 4.79 Å². The Morgan fingerprint density at radius 3 is 2.32 bits per heavy atom. The molecule has 0 radical (unpaired) electrons. The topological polar surface area (TPSA) is 75.1 Å². The quantitative estimate of drug-likeness (QED) is 0.827. The van der Waals surface area contributed by atoms with Gasteiger partial charge in [-0.1, -0.05) is 27.7 Å². The van der Waals surface area contributed by atoms with Gasteiger partial charge in [0.2, 0.25) is 5.95 Å². The SMILES string of the molecule is Cc1nc(NCC(C(C)C)C(C)C)ncc1C(=O)O. The molecule has 0 saturated carbocycles. The normalized spacial score (nSPS) is 11.4. The van der Waals surface area contributed by atoms with E-state index < -0.39 is 5.97 Å². The second-order valence-electron chi connectivity index (χ2n) is 5.53. The summed E-state index contributed by atoms with van der Waals surface area (Å²) in [6.45, 7) is 11.3. The minimum absolute atomic E-state index is 0.148. The van der Waals surface area contributed by atoms with Crippen LogP contribution in [0.15, 0.2) is 6.20 Å². The molecule has 1 heterocycles. The van der Waals surface area contributed by atoms with Crippen LogP contribution in [0.25, 0.3) is 0 Å². The molecule has 5 heteroatoms. The first-order valence-corrected chi connectivity index (χ1v) is 6.63. The summed E-state index contributed by atoms with van der Waals surface area (Å²) in [5, 5.41) is 12.1. The van der Waals surface area contributed by atoms with Gasteiger partial charge < -0.3 is 10.4 Å². The fraction of sp³-hybridized carbons (Fsp3) is 0.643. The zero-order chi connectivity index (χ0) is 14.6. The second-order valence-corrected chi connectivity index (χ2v) is 5.53. The highest BCUT2D eigenvalue weighted by Crippen LogP contribution is 2.20. The van der Waals surface area contributed by atoms with Crippen molar-refractivity contribution in [1.82, 2.24) is 9.97 Å².